The number of thioether (sulfide) groups is 1. The third-order valence-corrected chi connectivity index (χ3v) is 6.30. The molecular weight excluding hydrogens is 411 g/mol. The van der Waals surface area contributed by atoms with E-state index in [2.05, 4.69) is 10.0 Å². The SMILES string of the molecule is O=C(CCSc1ccccc1)Nc1ccc(S(=O)(=O)Nc2ccccc2F)cc1. The average Bonchev–Trinajstić information content (AvgIpc) is 2.71. The zero-order chi connectivity index (χ0) is 20.7. The number of benzene rings is 3. The molecule has 0 fully saturated rings. The van der Waals surface area contributed by atoms with Crippen molar-refractivity contribution >= 4 is 39.1 Å². The van der Waals surface area contributed by atoms with Gasteiger partial charge in [-0.1, -0.05) is 30.3 Å². The lowest BCUT2D eigenvalue weighted by Gasteiger charge is -2.10. The molecule has 0 unspecified atom stereocenters. The maximum absolute atomic E-state index is 13.7. The highest BCUT2D eigenvalue weighted by molar-refractivity contribution is 7.99. The zero-order valence-electron chi connectivity index (χ0n) is 15.3. The van der Waals surface area contributed by atoms with E-state index in [1.165, 1.54) is 48.5 Å². The van der Waals surface area contributed by atoms with Crippen LogP contribution in [0, 0.1) is 5.82 Å². The summed E-state index contributed by atoms with van der Waals surface area (Å²) in [5.41, 5.74) is 0.366. The Hall–Kier alpha value is -2.84. The number of hydrogen-bond donors (Lipinski definition) is 2. The number of sulfonamides is 1. The van der Waals surface area contributed by atoms with E-state index in [4.69, 9.17) is 0 Å². The quantitative estimate of drug-likeness (QED) is 0.506. The molecule has 0 aliphatic rings. The van der Waals surface area contributed by atoms with Crippen LogP contribution in [0.1, 0.15) is 6.42 Å². The summed E-state index contributed by atoms with van der Waals surface area (Å²) in [5.74, 6) is -0.184. The number of anilines is 2. The van der Waals surface area contributed by atoms with Gasteiger partial charge in [0.2, 0.25) is 5.91 Å². The number of hydrogen-bond acceptors (Lipinski definition) is 4. The van der Waals surface area contributed by atoms with Crippen molar-refractivity contribution in [3.8, 4) is 0 Å². The number of halogens is 1. The van der Waals surface area contributed by atoms with Crippen molar-refractivity contribution in [3.63, 3.8) is 0 Å². The normalized spacial score (nSPS) is 11.1. The molecule has 29 heavy (non-hydrogen) atoms. The minimum Gasteiger partial charge on any atom is -0.326 e. The number of para-hydroxylation sites is 1. The van der Waals surface area contributed by atoms with Gasteiger partial charge in [-0.3, -0.25) is 9.52 Å². The van der Waals surface area contributed by atoms with E-state index in [1.54, 1.807) is 11.8 Å². The van der Waals surface area contributed by atoms with Crippen LogP contribution in [0.2, 0.25) is 0 Å². The molecule has 3 aromatic rings. The Balaban J connectivity index is 1.55. The summed E-state index contributed by atoms with van der Waals surface area (Å²) >= 11 is 1.59. The van der Waals surface area contributed by atoms with Crippen molar-refractivity contribution in [3.05, 3.63) is 84.7 Å². The molecule has 8 heteroatoms. The number of amides is 1. The molecule has 0 bridgehead atoms. The van der Waals surface area contributed by atoms with Gasteiger partial charge in [0.05, 0.1) is 10.6 Å². The molecule has 0 atom stereocenters. The Labute approximate surface area is 173 Å². The second-order valence-electron chi connectivity index (χ2n) is 6.07. The van der Waals surface area contributed by atoms with E-state index in [9.17, 15) is 17.6 Å². The standard InChI is InChI=1S/C21H19FN2O3S2/c22-19-8-4-5-9-20(19)24-29(26,27)18-12-10-16(11-13-18)23-21(25)14-15-28-17-6-2-1-3-7-17/h1-13,24H,14-15H2,(H,23,25). The summed E-state index contributed by atoms with van der Waals surface area (Å²) in [4.78, 5) is 13.1. The van der Waals surface area contributed by atoms with Crippen molar-refractivity contribution in [1.29, 1.82) is 0 Å². The highest BCUT2D eigenvalue weighted by Gasteiger charge is 2.16. The van der Waals surface area contributed by atoms with Crippen molar-refractivity contribution in [2.75, 3.05) is 15.8 Å². The van der Waals surface area contributed by atoms with Crippen LogP contribution in [0.3, 0.4) is 0 Å². The topological polar surface area (TPSA) is 75.3 Å². The summed E-state index contributed by atoms with van der Waals surface area (Å²) in [6.07, 6.45) is 0.328. The Morgan fingerprint density at radius 2 is 1.55 bits per heavy atom. The summed E-state index contributed by atoms with van der Waals surface area (Å²) in [6.45, 7) is 0. The van der Waals surface area contributed by atoms with Crippen LogP contribution in [-0.4, -0.2) is 20.1 Å². The zero-order valence-corrected chi connectivity index (χ0v) is 17.0. The summed E-state index contributed by atoms with van der Waals surface area (Å²) in [6, 6.07) is 21.0. The Bertz CT molecular complexity index is 1070. The van der Waals surface area contributed by atoms with Gasteiger partial charge in [-0.25, -0.2) is 12.8 Å². The fourth-order valence-corrected chi connectivity index (χ4v) is 4.41. The number of carbonyl (C=O) groups is 1. The molecular formula is C21H19FN2O3S2. The third kappa shape index (κ3) is 6.07. The van der Waals surface area contributed by atoms with Crippen LogP contribution in [0.5, 0.6) is 0 Å². The fraction of sp³-hybridized carbons (Fsp3) is 0.0952. The fourth-order valence-electron chi connectivity index (χ4n) is 2.47. The summed E-state index contributed by atoms with van der Waals surface area (Å²) in [7, 11) is -3.93. The van der Waals surface area contributed by atoms with Gasteiger partial charge in [-0.2, -0.15) is 0 Å². The van der Waals surface area contributed by atoms with Crippen LogP contribution in [0.25, 0.3) is 0 Å². The maximum Gasteiger partial charge on any atom is 0.261 e. The molecule has 0 saturated carbocycles. The Morgan fingerprint density at radius 1 is 0.897 bits per heavy atom. The minimum absolute atomic E-state index is 0.0293. The molecule has 3 aromatic carbocycles. The van der Waals surface area contributed by atoms with E-state index < -0.39 is 15.8 Å². The van der Waals surface area contributed by atoms with E-state index in [0.29, 0.717) is 17.9 Å². The first-order valence-electron chi connectivity index (χ1n) is 8.79. The van der Waals surface area contributed by atoms with Crippen molar-refractivity contribution < 1.29 is 17.6 Å². The van der Waals surface area contributed by atoms with Crippen LogP contribution in [0.4, 0.5) is 15.8 Å². The monoisotopic (exact) mass is 430 g/mol. The predicted octanol–water partition coefficient (Wildman–Crippen LogP) is 4.75. The largest absolute Gasteiger partial charge is 0.326 e. The second-order valence-corrected chi connectivity index (χ2v) is 8.92. The third-order valence-electron chi connectivity index (χ3n) is 3.91. The highest BCUT2D eigenvalue weighted by Crippen LogP contribution is 2.21. The minimum atomic E-state index is -3.93. The van der Waals surface area contributed by atoms with E-state index in [0.717, 1.165) is 4.90 Å². The van der Waals surface area contributed by atoms with Crippen LogP contribution in [0.15, 0.2) is 88.7 Å². The van der Waals surface area contributed by atoms with E-state index in [-0.39, 0.29) is 16.5 Å². The van der Waals surface area contributed by atoms with Crippen molar-refractivity contribution in [1.82, 2.24) is 0 Å². The van der Waals surface area contributed by atoms with Gasteiger partial charge in [0, 0.05) is 22.8 Å². The van der Waals surface area contributed by atoms with Gasteiger partial charge in [0.25, 0.3) is 10.0 Å². The number of rotatable bonds is 8. The lowest BCUT2D eigenvalue weighted by Crippen LogP contribution is -2.15. The molecule has 0 aliphatic carbocycles. The maximum atomic E-state index is 13.7. The Kier molecular flexibility index (Phi) is 6.90. The molecule has 150 valence electrons. The molecule has 0 radical (unpaired) electrons. The molecule has 0 aromatic heterocycles. The van der Waals surface area contributed by atoms with Crippen LogP contribution < -0.4 is 10.0 Å². The van der Waals surface area contributed by atoms with Crippen LogP contribution in [-0.2, 0) is 14.8 Å². The summed E-state index contributed by atoms with van der Waals surface area (Å²) < 4.78 is 40.7. The lowest BCUT2D eigenvalue weighted by atomic mass is 10.3. The van der Waals surface area contributed by atoms with Gasteiger partial charge in [-0.05, 0) is 48.5 Å². The molecule has 3 rings (SSSR count). The summed E-state index contributed by atoms with van der Waals surface area (Å²) in [5, 5.41) is 2.74. The molecule has 5 nitrogen and oxygen atoms in total. The molecule has 0 spiro atoms. The molecule has 0 heterocycles. The van der Waals surface area contributed by atoms with Gasteiger partial charge >= 0.3 is 0 Å². The molecule has 0 saturated heterocycles. The first-order valence-corrected chi connectivity index (χ1v) is 11.3. The number of carbonyl (C=O) groups excluding carboxylic acids is 1. The molecule has 1 amide bonds. The van der Waals surface area contributed by atoms with Crippen LogP contribution >= 0.6 is 11.8 Å². The van der Waals surface area contributed by atoms with Crippen molar-refractivity contribution in [2.24, 2.45) is 0 Å². The highest BCUT2D eigenvalue weighted by atomic mass is 32.2. The molecule has 0 aliphatic heterocycles. The van der Waals surface area contributed by atoms with Gasteiger partial charge < -0.3 is 5.32 Å². The second kappa shape index (κ2) is 9.58. The number of nitrogens with one attached hydrogen (secondary N) is 2. The first-order chi connectivity index (χ1) is 13.9. The lowest BCUT2D eigenvalue weighted by molar-refractivity contribution is -0.115. The van der Waals surface area contributed by atoms with Gasteiger partial charge in [-0.15, -0.1) is 11.8 Å². The molecule has 2 N–H and O–H groups in total. The van der Waals surface area contributed by atoms with E-state index in [1.807, 2.05) is 30.3 Å². The predicted molar refractivity (Wildman–Crippen MR) is 114 cm³/mol. The van der Waals surface area contributed by atoms with Gasteiger partial charge in [0.1, 0.15) is 5.82 Å². The van der Waals surface area contributed by atoms with Gasteiger partial charge in [0.15, 0.2) is 0 Å². The average molecular weight is 431 g/mol. The Morgan fingerprint density at radius 3 is 2.24 bits per heavy atom. The van der Waals surface area contributed by atoms with E-state index >= 15 is 0 Å². The van der Waals surface area contributed by atoms with Crippen molar-refractivity contribution in [2.45, 2.75) is 16.2 Å². The first kappa shape index (κ1) is 20.9. The smallest absolute Gasteiger partial charge is 0.261 e.